The first kappa shape index (κ1) is 14.8. The molecule has 4 heteroatoms. The highest BCUT2D eigenvalue weighted by atomic mass is 16.7. The van der Waals surface area contributed by atoms with Gasteiger partial charge in [-0.15, -0.1) is 0 Å². The molecule has 0 aliphatic rings. The van der Waals surface area contributed by atoms with Crippen LogP contribution in [-0.4, -0.2) is 18.9 Å². The van der Waals surface area contributed by atoms with Gasteiger partial charge in [-0.3, -0.25) is 14.7 Å². The van der Waals surface area contributed by atoms with E-state index < -0.39 is 0 Å². The number of nitriles is 1. The van der Waals surface area contributed by atoms with Gasteiger partial charge >= 0.3 is 0 Å². The molecule has 21 heavy (non-hydrogen) atoms. The van der Waals surface area contributed by atoms with Crippen molar-refractivity contribution < 1.29 is 9.63 Å². The normalized spacial score (nSPS) is 9.86. The molecular weight excluding hydrogens is 264 g/mol. The van der Waals surface area contributed by atoms with Gasteiger partial charge in [0.15, 0.2) is 5.78 Å². The molecule has 0 aliphatic carbocycles. The number of para-hydroxylation sites is 1. The lowest BCUT2D eigenvalue weighted by atomic mass is 10.1. The van der Waals surface area contributed by atoms with Gasteiger partial charge in [-0.2, -0.15) is 5.26 Å². The van der Waals surface area contributed by atoms with Crippen molar-refractivity contribution in [3.63, 3.8) is 0 Å². The molecule has 0 spiro atoms. The number of hydroxylamine groups is 1. The van der Waals surface area contributed by atoms with Gasteiger partial charge in [-0.25, -0.2) is 0 Å². The van der Waals surface area contributed by atoms with Crippen LogP contribution in [0.5, 0.6) is 0 Å². The monoisotopic (exact) mass is 280 g/mol. The Hall–Kier alpha value is -2.64. The molecule has 0 heterocycles. The molecule has 4 nitrogen and oxygen atoms in total. The van der Waals surface area contributed by atoms with Gasteiger partial charge in [0.25, 0.3) is 0 Å². The maximum absolute atomic E-state index is 12.0. The van der Waals surface area contributed by atoms with Gasteiger partial charge in [0.05, 0.1) is 24.7 Å². The van der Waals surface area contributed by atoms with E-state index in [4.69, 9.17) is 10.1 Å². The van der Waals surface area contributed by atoms with E-state index in [-0.39, 0.29) is 12.4 Å². The van der Waals surface area contributed by atoms with E-state index in [1.165, 1.54) is 0 Å². The van der Waals surface area contributed by atoms with Crippen molar-refractivity contribution in [2.24, 2.45) is 0 Å². The summed E-state index contributed by atoms with van der Waals surface area (Å²) in [7, 11) is 0. The summed E-state index contributed by atoms with van der Waals surface area (Å²) in [6.45, 7) is 0.368. The number of rotatable bonds is 7. The predicted octanol–water partition coefficient (Wildman–Crippen LogP) is 3.22. The number of anilines is 1. The van der Waals surface area contributed by atoms with Crippen LogP contribution in [0.2, 0.25) is 0 Å². The number of nitrogens with zero attached hydrogens (tertiary/aromatic N) is 2. The van der Waals surface area contributed by atoms with Crippen molar-refractivity contribution in [2.45, 2.75) is 6.42 Å². The molecule has 106 valence electrons. The minimum absolute atomic E-state index is 0.0513. The smallest absolute Gasteiger partial charge is 0.191 e. The largest absolute Gasteiger partial charge is 0.291 e. The first-order valence-corrected chi connectivity index (χ1v) is 6.72. The number of Topliss-reactive ketones (excluding diaryl/α,β-unsaturated/α-hetero) is 1. The maximum Gasteiger partial charge on any atom is 0.191 e. The minimum Gasteiger partial charge on any atom is -0.291 e. The van der Waals surface area contributed by atoms with Gasteiger partial charge < -0.3 is 0 Å². The third kappa shape index (κ3) is 4.44. The van der Waals surface area contributed by atoms with Crippen molar-refractivity contribution in [1.82, 2.24) is 0 Å². The van der Waals surface area contributed by atoms with E-state index in [0.29, 0.717) is 18.5 Å². The summed E-state index contributed by atoms with van der Waals surface area (Å²) in [5, 5.41) is 10.3. The Balaban J connectivity index is 1.99. The minimum atomic E-state index is -0.0894. The second-order valence-corrected chi connectivity index (χ2v) is 4.41. The molecule has 2 rings (SSSR count). The van der Waals surface area contributed by atoms with Crippen LogP contribution < -0.4 is 5.06 Å². The highest BCUT2D eigenvalue weighted by Crippen LogP contribution is 2.14. The number of benzene rings is 2. The Morgan fingerprint density at radius 2 is 1.67 bits per heavy atom. The summed E-state index contributed by atoms with van der Waals surface area (Å²) in [6, 6.07) is 20.5. The summed E-state index contributed by atoms with van der Waals surface area (Å²) in [5.41, 5.74) is 1.44. The van der Waals surface area contributed by atoms with Crippen LogP contribution in [0.15, 0.2) is 60.7 Å². The van der Waals surface area contributed by atoms with Gasteiger partial charge in [0.1, 0.15) is 6.61 Å². The van der Waals surface area contributed by atoms with Crippen molar-refractivity contribution >= 4 is 11.5 Å². The SMILES string of the molecule is N#CCCN(OCC(=O)c1ccccc1)c1ccccc1. The second kappa shape index (κ2) is 7.83. The zero-order chi connectivity index (χ0) is 14.9. The Morgan fingerprint density at radius 3 is 2.29 bits per heavy atom. The highest BCUT2D eigenvalue weighted by molar-refractivity contribution is 5.97. The fraction of sp³-hybridized carbons (Fsp3) is 0.176. The van der Waals surface area contributed by atoms with E-state index in [1.807, 2.05) is 48.5 Å². The lowest BCUT2D eigenvalue weighted by molar-refractivity contribution is 0.0697. The molecule has 0 N–H and O–H groups in total. The van der Waals surface area contributed by atoms with E-state index in [9.17, 15) is 4.79 Å². The van der Waals surface area contributed by atoms with Crippen LogP contribution in [0.4, 0.5) is 5.69 Å². The van der Waals surface area contributed by atoms with Crippen LogP contribution in [-0.2, 0) is 4.84 Å². The first-order chi connectivity index (χ1) is 10.3. The molecule has 0 saturated heterocycles. The van der Waals surface area contributed by atoms with Crippen molar-refractivity contribution in [1.29, 1.82) is 5.26 Å². The average Bonchev–Trinajstić information content (AvgIpc) is 2.56. The van der Waals surface area contributed by atoms with Crippen molar-refractivity contribution in [3.8, 4) is 6.07 Å². The molecule has 0 aliphatic heterocycles. The molecule has 0 radical (unpaired) electrons. The van der Waals surface area contributed by atoms with Crippen LogP contribution in [0.25, 0.3) is 0 Å². The highest BCUT2D eigenvalue weighted by Gasteiger charge is 2.11. The quantitative estimate of drug-likeness (QED) is 0.577. The number of carbonyl (C=O) groups excluding carboxylic acids is 1. The van der Waals surface area contributed by atoms with Gasteiger partial charge in [-0.05, 0) is 12.1 Å². The average molecular weight is 280 g/mol. The zero-order valence-corrected chi connectivity index (χ0v) is 11.6. The molecule has 0 atom stereocenters. The molecule has 0 unspecified atom stereocenters. The Kier molecular flexibility index (Phi) is 5.50. The van der Waals surface area contributed by atoms with Gasteiger partial charge in [0, 0.05) is 5.56 Å². The molecule has 0 amide bonds. The lowest BCUT2D eigenvalue weighted by Gasteiger charge is -2.22. The Labute approximate surface area is 124 Å². The number of carbonyl (C=O) groups is 1. The molecule has 0 aromatic heterocycles. The van der Waals surface area contributed by atoms with Gasteiger partial charge in [0.2, 0.25) is 0 Å². The summed E-state index contributed by atoms with van der Waals surface area (Å²) in [4.78, 5) is 17.6. The van der Waals surface area contributed by atoms with Crippen LogP contribution in [0.3, 0.4) is 0 Å². The van der Waals surface area contributed by atoms with E-state index in [2.05, 4.69) is 6.07 Å². The van der Waals surface area contributed by atoms with Crippen molar-refractivity contribution in [2.75, 3.05) is 18.2 Å². The Bertz CT molecular complexity index is 606. The maximum atomic E-state index is 12.0. The predicted molar refractivity (Wildman–Crippen MR) is 80.7 cm³/mol. The molecule has 2 aromatic rings. The first-order valence-electron chi connectivity index (χ1n) is 6.72. The summed E-state index contributed by atoms with van der Waals surface area (Å²) in [6.07, 6.45) is 0.328. The number of hydrogen-bond donors (Lipinski definition) is 0. The van der Waals surface area contributed by atoms with Crippen LogP contribution in [0.1, 0.15) is 16.8 Å². The van der Waals surface area contributed by atoms with E-state index >= 15 is 0 Å². The molecule has 2 aromatic carbocycles. The third-order valence-corrected chi connectivity index (χ3v) is 2.92. The number of hydrogen-bond acceptors (Lipinski definition) is 4. The topological polar surface area (TPSA) is 53.3 Å². The number of ketones is 1. The van der Waals surface area contributed by atoms with Crippen molar-refractivity contribution in [3.05, 3.63) is 66.2 Å². The molecule has 0 saturated carbocycles. The third-order valence-electron chi connectivity index (χ3n) is 2.92. The van der Waals surface area contributed by atoms with Crippen LogP contribution in [0, 0.1) is 11.3 Å². The molecular formula is C17H16N2O2. The summed E-state index contributed by atoms with van der Waals surface area (Å²) < 4.78 is 0. The lowest BCUT2D eigenvalue weighted by Crippen LogP contribution is -2.27. The van der Waals surface area contributed by atoms with Crippen LogP contribution >= 0.6 is 0 Å². The van der Waals surface area contributed by atoms with E-state index in [1.54, 1.807) is 17.2 Å². The summed E-state index contributed by atoms with van der Waals surface area (Å²) >= 11 is 0. The van der Waals surface area contributed by atoms with Gasteiger partial charge in [-0.1, -0.05) is 48.5 Å². The zero-order valence-electron chi connectivity index (χ0n) is 11.6. The standard InChI is InChI=1S/C17H16N2O2/c18-12-7-13-19(16-10-5-2-6-11-16)21-14-17(20)15-8-3-1-4-9-15/h1-6,8-11H,7,13-14H2. The fourth-order valence-corrected chi connectivity index (χ4v) is 1.86. The molecule has 0 bridgehead atoms. The Morgan fingerprint density at radius 1 is 1.05 bits per heavy atom. The molecule has 0 fully saturated rings. The fourth-order valence-electron chi connectivity index (χ4n) is 1.86. The van der Waals surface area contributed by atoms with E-state index in [0.717, 1.165) is 5.69 Å². The summed E-state index contributed by atoms with van der Waals surface area (Å²) in [5.74, 6) is -0.0894. The second-order valence-electron chi connectivity index (χ2n) is 4.41.